The maximum atomic E-state index is 11.9. The van der Waals surface area contributed by atoms with Crippen molar-refractivity contribution in [2.45, 2.75) is 38.7 Å². The van der Waals surface area contributed by atoms with Gasteiger partial charge in [-0.25, -0.2) is 0 Å². The summed E-state index contributed by atoms with van der Waals surface area (Å²) in [4.78, 5) is 13.8. The van der Waals surface area contributed by atoms with Gasteiger partial charge in [0.05, 0.1) is 12.6 Å². The minimum absolute atomic E-state index is 0.217. The molecule has 0 radical (unpaired) electrons. The molecule has 1 amide bonds. The summed E-state index contributed by atoms with van der Waals surface area (Å²) in [6.45, 7) is 4.93. The van der Waals surface area contributed by atoms with E-state index >= 15 is 0 Å². The fourth-order valence-corrected chi connectivity index (χ4v) is 2.45. The molecule has 4 nitrogen and oxygen atoms in total. The van der Waals surface area contributed by atoms with Crippen LogP contribution in [0.4, 0.5) is 0 Å². The number of hydrogen-bond acceptors (Lipinski definition) is 3. The van der Waals surface area contributed by atoms with E-state index in [0.717, 1.165) is 38.4 Å². The molecule has 0 spiro atoms. The molecule has 98 valence electrons. The normalized spacial score (nSPS) is 23.8. The first-order valence-electron chi connectivity index (χ1n) is 6.83. The van der Waals surface area contributed by atoms with Crippen molar-refractivity contribution in [2.75, 3.05) is 26.2 Å². The van der Waals surface area contributed by atoms with Gasteiger partial charge in [-0.1, -0.05) is 0 Å². The number of rotatable bonds is 5. The predicted molar refractivity (Wildman–Crippen MR) is 66.6 cm³/mol. The van der Waals surface area contributed by atoms with E-state index in [-0.39, 0.29) is 12.0 Å². The molecule has 1 saturated heterocycles. The lowest BCUT2D eigenvalue weighted by atomic mass is 9.92. The quantitative estimate of drug-likeness (QED) is 0.740. The van der Waals surface area contributed by atoms with E-state index in [1.807, 2.05) is 11.8 Å². The highest BCUT2D eigenvalue weighted by Gasteiger charge is 2.25. The summed E-state index contributed by atoms with van der Waals surface area (Å²) in [6.07, 6.45) is 4.28. The molecule has 1 unspecified atom stereocenters. The molecule has 1 atom stereocenters. The summed E-state index contributed by atoms with van der Waals surface area (Å²) in [5, 5.41) is 12.7. The zero-order valence-electron chi connectivity index (χ0n) is 10.7. The Bertz CT molecular complexity index is 256. The molecule has 1 aliphatic heterocycles. The van der Waals surface area contributed by atoms with Crippen LogP contribution in [0.2, 0.25) is 0 Å². The summed E-state index contributed by atoms with van der Waals surface area (Å²) in [5.74, 6) is 1.41. The maximum Gasteiger partial charge on any atom is 0.236 e. The minimum Gasteiger partial charge on any atom is -0.393 e. The number of aliphatic hydroxyl groups is 1. The molecule has 17 heavy (non-hydrogen) atoms. The lowest BCUT2D eigenvalue weighted by Gasteiger charge is -2.33. The SMILES string of the molecule is CC(O)C1CCN(C(=O)CNCC2CC2)CC1. The zero-order chi connectivity index (χ0) is 12.3. The van der Waals surface area contributed by atoms with Gasteiger partial charge in [-0.3, -0.25) is 4.79 Å². The maximum absolute atomic E-state index is 11.9. The van der Waals surface area contributed by atoms with E-state index in [1.165, 1.54) is 12.8 Å². The van der Waals surface area contributed by atoms with Crippen LogP contribution in [0.1, 0.15) is 32.6 Å². The van der Waals surface area contributed by atoms with Crippen LogP contribution in [0, 0.1) is 11.8 Å². The molecule has 0 aromatic rings. The Balaban J connectivity index is 1.62. The van der Waals surface area contributed by atoms with E-state index in [1.54, 1.807) is 0 Å². The standard InChI is InChI=1S/C13H24N2O2/c1-10(16)12-4-6-15(7-5-12)13(17)9-14-8-11-2-3-11/h10-12,14,16H,2-9H2,1H3. The topological polar surface area (TPSA) is 52.6 Å². The lowest BCUT2D eigenvalue weighted by Crippen LogP contribution is -2.44. The van der Waals surface area contributed by atoms with Gasteiger partial charge < -0.3 is 15.3 Å². The van der Waals surface area contributed by atoms with Crippen molar-refractivity contribution >= 4 is 5.91 Å². The number of likely N-dealkylation sites (tertiary alicyclic amines) is 1. The van der Waals surface area contributed by atoms with E-state index in [4.69, 9.17) is 0 Å². The van der Waals surface area contributed by atoms with Crippen molar-refractivity contribution in [3.8, 4) is 0 Å². The smallest absolute Gasteiger partial charge is 0.236 e. The van der Waals surface area contributed by atoms with Crippen molar-refractivity contribution in [1.82, 2.24) is 10.2 Å². The number of piperidine rings is 1. The van der Waals surface area contributed by atoms with Gasteiger partial charge in [-0.2, -0.15) is 0 Å². The van der Waals surface area contributed by atoms with E-state index in [0.29, 0.717) is 12.5 Å². The summed E-state index contributed by atoms with van der Waals surface area (Å²) >= 11 is 0. The first-order chi connectivity index (χ1) is 8.16. The van der Waals surface area contributed by atoms with Gasteiger partial charge in [-0.15, -0.1) is 0 Å². The second-order valence-corrected chi connectivity index (χ2v) is 5.53. The molecule has 1 heterocycles. The fourth-order valence-electron chi connectivity index (χ4n) is 2.45. The third-order valence-corrected chi connectivity index (χ3v) is 3.98. The highest BCUT2D eigenvalue weighted by molar-refractivity contribution is 5.78. The Morgan fingerprint density at radius 3 is 2.53 bits per heavy atom. The Labute approximate surface area is 103 Å². The number of carbonyl (C=O) groups excluding carboxylic acids is 1. The molecule has 0 aromatic heterocycles. The van der Waals surface area contributed by atoms with Gasteiger partial charge in [0.25, 0.3) is 0 Å². The molecule has 0 bridgehead atoms. The highest BCUT2D eigenvalue weighted by Crippen LogP contribution is 2.27. The van der Waals surface area contributed by atoms with Gasteiger partial charge in [0, 0.05) is 13.1 Å². The van der Waals surface area contributed by atoms with Gasteiger partial charge >= 0.3 is 0 Å². The summed E-state index contributed by atoms with van der Waals surface area (Å²) in [7, 11) is 0. The molecule has 4 heteroatoms. The first-order valence-corrected chi connectivity index (χ1v) is 6.83. The number of nitrogens with one attached hydrogen (secondary N) is 1. The van der Waals surface area contributed by atoms with Gasteiger partial charge in [0.1, 0.15) is 0 Å². The van der Waals surface area contributed by atoms with Crippen LogP contribution in [-0.2, 0) is 4.79 Å². The Kier molecular flexibility index (Phi) is 4.40. The molecule has 2 rings (SSSR count). The van der Waals surface area contributed by atoms with Crippen molar-refractivity contribution in [2.24, 2.45) is 11.8 Å². The number of amides is 1. The third kappa shape index (κ3) is 3.96. The molecular formula is C13H24N2O2. The first kappa shape index (κ1) is 12.8. The molecule has 1 saturated carbocycles. The molecule has 2 aliphatic rings. The zero-order valence-corrected chi connectivity index (χ0v) is 10.7. The molecule has 2 fully saturated rings. The fraction of sp³-hybridized carbons (Fsp3) is 0.923. The Morgan fingerprint density at radius 1 is 1.35 bits per heavy atom. The largest absolute Gasteiger partial charge is 0.393 e. The van der Waals surface area contributed by atoms with Gasteiger partial charge in [-0.05, 0) is 51.0 Å². The third-order valence-electron chi connectivity index (χ3n) is 3.98. The van der Waals surface area contributed by atoms with Crippen LogP contribution in [0.5, 0.6) is 0 Å². The van der Waals surface area contributed by atoms with E-state index < -0.39 is 0 Å². The lowest BCUT2D eigenvalue weighted by molar-refractivity contribution is -0.132. The van der Waals surface area contributed by atoms with Crippen molar-refractivity contribution in [3.05, 3.63) is 0 Å². The second-order valence-electron chi connectivity index (χ2n) is 5.53. The van der Waals surface area contributed by atoms with Crippen LogP contribution in [-0.4, -0.2) is 48.2 Å². The van der Waals surface area contributed by atoms with Crippen molar-refractivity contribution < 1.29 is 9.90 Å². The number of hydrogen-bond donors (Lipinski definition) is 2. The van der Waals surface area contributed by atoms with E-state index in [2.05, 4.69) is 5.32 Å². The molecule has 1 aliphatic carbocycles. The van der Waals surface area contributed by atoms with Crippen LogP contribution < -0.4 is 5.32 Å². The average Bonchev–Trinajstić information content (AvgIpc) is 3.13. The van der Waals surface area contributed by atoms with Crippen molar-refractivity contribution in [1.29, 1.82) is 0 Å². The molecule has 2 N–H and O–H groups in total. The Hall–Kier alpha value is -0.610. The number of aliphatic hydroxyl groups excluding tert-OH is 1. The summed E-state index contributed by atoms with van der Waals surface area (Å²) < 4.78 is 0. The summed E-state index contributed by atoms with van der Waals surface area (Å²) in [5.41, 5.74) is 0. The van der Waals surface area contributed by atoms with E-state index in [9.17, 15) is 9.90 Å². The van der Waals surface area contributed by atoms with Gasteiger partial charge in [0.2, 0.25) is 5.91 Å². The highest BCUT2D eigenvalue weighted by atomic mass is 16.3. The van der Waals surface area contributed by atoms with Gasteiger partial charge in [0.15, 0.2) is 0 Å². The van der Waals surface area contributed by atoms with Crippen LogP contribution in [0.25, 0.3) is 0 Å². The average molecular weight is 240 g/mol. The predicted octanol–water partition coefficient (Wildman–Crippen LogP) is 0.605. The van der Waals surface area contributed by atoms with Crippen LogP contribution in [0.15, 0.2) is 0 Å². The monoisotopic (exact) mass is 240 g/mol. The second kappa shape index (κ2) is 5.83. The number of nitrogens with zero attached hydrogens (tertiary/aromatic N) is 1. The summed E-state index contributed by atoms with van der Waals surface area (Å²) in [6, 6.07) is 0. The Morgan fingerprint density at radius 2 is 2.00 bits per heavy atom. The molecule has 0 aromatic carbocycles. The van der Waals surface area contributed by atoms with Crippen LogP contribution >= 0.6 is 0 Å². The van der Waals surface area contributed by atoms with Crippen LogP contribution in [0.3, 0.4) is 0 Å². The van der Waals surface area contributed by atoms with Crippen molar-refractivity contribution in [3.63, 3.8) is 0 Å². The molecular weight excluding hydrogens is 216 g/mol. The minimum atomic E-state index is -0.236. The number of carbonyl (C=O) groups is 1.